The van der Waals surface area contributed by atoms with E-state index in [4.69, 9.17) is 5.26 Å². The second kappa shape index (κ2) is 6.61. The van der Waals surface area contributed by atoms with Gasteiger partial charge in [-0.3, -0.25) is 0 Å². The Morgan fingerprint density at radius 3 is 2.52 bits per heavy atom. The highest BCUT2D eigenvalue weighted by Gasteiger charge is 2.09. The third-order valence-corrected chi connectivity index (χ3v) is 3.03. The van der Waals surface area contributed by atoms with Crippen molar-refractivity contribution in [2.75, 3.05) is 0 Å². The van der Waals surface area contributed by atoms with Crippen molar-refractivity contribution in [2.24, 2.45) is 0 Å². The van der Waals surface area contributed by atoms with Gasteiger partial charge >= 0.3 is 0 Å². The van der Waals surface area contributed by atoms with E-state index in [1.54, 1.807) is 10.9 Å². The quantitative estimate of drug-likeness (QED) is 0.550. The first kappa shape index (κ1) is 14.7. The second-order valence-corrected chi connectivity index (χ2v) is 4.76. The Morgan fingerprint density at radius 1 is 1.14 bits per heavy atom. The number of phenols is 3. The van der Waals surface area contributed by atoms with Crippen LogP contribution < -0.4 is 0 Å². The summed E-state index contributed by atoms with van der Waals surface area (Å²) in [7, 11) is 0. The molecule has 0 atom stereocenters. The number of hydrogen-bond donors (Lipinski definition) is 3. The van der Waals surface area contributed by atoms with E-state index in [1.807, 2.05) is 0 Å². The molecule has 2 aromatic rings. The van der Waals surface area contributed by atoms with Gasteiger partial charge in [-0.25, -0.2) is 4.68 Å². The number of benzene rings is 1. The third-order valence-electron chi connectivity index (χ3n) is 3.03. The smallest absolute Gasteiger partial charge is 0.200 e. The molecule has 0 amide bonds. The summed E-state index contributed by atoms with van der Waals surface area (Å²) in [6.07, 6.45) is 4.80. The van der Waals surface area contributed by atoms with Crippen LogP contribution in [0.5, 0.6) is 17.2 Å². The highest BCUT2D eigenvalue weighted by molar-refractivity contribution is 5.51. The standard InChI is InChI=1S/C14H16N4O3/c15-5-3-1-2-4-11-9-18(17-16-11)8-10-6-12(19)14(21)13(20)7-10/h6-7,9,19-21H,1-4,8H2. The molecule has 7 nitrogen and oxygen atoms in total. The largest absolute Gasteiger partial charge is 0.504 e. The predicted molar refractivity (Wildman–Crippen MR) is 73.7 cm³/mol. The molecule has 1 heterocycles. The van der Waals surface area contributed by atoms with Gasteiger partial charge in [0.05, 0.1) is 18.3 Å². The van der Waals surface area contributed by atoms with Crippen molar-refractivity contribution < 1.29 is 15.3 Å². The van der Waals surface area contributed by atoms with Gasteiger partial charge in [0, 0.05) is 12.6 Å². The number of nitriles is 1. The average Bonchev–Trinajstić information content (AvgIpc) is 2.88. The molecule has 3 N–H and O–H groups in total. The fraction of sp³-hybridized carbons (Fsp3) is 0.357. The highest BCUT2D eigenvalue weighted by Crippen LogP contribution is 2.35. The summed E-state index contributed by atoms with van der Waals surface area (Å²) in [6, 6.07) is 4.83. The molecular formula is C14H16N4O3. The van der Waals surface area contributed by atoms with E-state index in [-0.39, 0.29) is 11.5 Å². The Kier molecular flexibility index (Phi) is 4.61. The zero-order valence-corrected chi connectivity index (χ0v) is 11.4. The van der Waals surface area contributed by atoms with E-state index in [2.05, 4.69) is 16.4 Å². The van der Waals surface area contributed by atoms with Crippen LogP contribution in [0.25, 0.3) is 0 Å². The number of nitrogens with zero attached hydrogens (tertiary/aromatic N) is 4. The zero-order valence-electron chi connectivity index (χ0n) is 11.4. The fourth-order valence-electron chi connectivity index (χ4n) is 1.98. The molecular weight excluding hydrogens is 272 g/mol. The lowest BCUT2D eigenvalue weighted by molar-refractivity contribution is 0.366. The van der Waals surface area contributed by atoms with Crippen LogP contribution in [0.1, 0.15) is 30.5 Å². The number of aromatic nitrogens is 3. The van der Waals surface area contributed by atoms with Gasteiger partial charge in [-0.2, -0.15) is 5.26 Å². The van der Waals surface area contributed by atoms with Gasteiger partial charge in [0.1, 0.15) is 0 Å². The Hall–Kier alpha value is -2.75. The van der Waals surface area contributed by atoms with Gasteiger partial charge in [0.2, 0.25) is 0 Å². The first-order valence-electron chi connectivity index (χ1n) is 6.60. The molecule has 0 fully saturated rings. The lowest BCUT2D eigenvalue weighted by Crippen LogP contribution is -2.00. The van der Waals surface area contributed by atoms with Crippen LogP contribution in [0.3, 0.4) is 0 Å². The van der Waals surface area contributed by atoms with E-state index < -0.39 is 5.75 Å². The predicted octanol–water partition coefficient (Wildman–Crippen LogP) is 1.68. The van der Waals surface area contributed by atoms with Crippen LogP contribution in [0.4, 0.5) is 0 Å². The summed E-state index contributed by atoms with van der Waals surface area (Å²) in [4.78, 5) is 0. The molecule has 0 unspecified atom stereocenters. The van der Waals surface area contributed by atoms with Gasteiger partial charge in [0.25, 0.3) is 0 Å². The van der Waals surface area contributed by atoms with Gasteiger partial charge in [-0.05, 0) is 37.0 Å². The van der Waals surface area contributed by atoms with E-state index in [9.17, 15) is 15.3 Å². The van der Waals surface area contributed by atoms with Crippen LogP contribution in [-0.2, 0) is 13.0 Å². The summed E-state index contributed by atoms with van der Waals surface area (Å²) >= 11 is 0. The Labute approximate surface area is 121 Å². The molecule has 0 spiro atoms. The van der Waals surface area contributed by atoms with Gasteiger partial charge in [-0.1, -0.05) is 5.21 Å². The van der Waals surface area contributed by atoms with E-state index in [0.29, 0.717) is 18.5 Å². The SMILES string of the molecule is N#CCCCCc1cn(Cc2cc(O)c(O)c(O)c2)nn1. The summed E-state index contributed by atoms with van der Waals surface area (Å²) in [5, 5.41) is 44.6. The summed E-state index contributed by atoms with van der Waals surface area (Å²) in [5.74, 6) is -1.28. The summed E-state index contributed by atoms with van der Waals surface area (Å²) in [6.45, 7) is 0.326. The van der Waals surface area contributed by atoms with Gasteiger partial charge in [-0.15, -0.1) is 5.10 Å². The highest BCUT2D eigenvalue weighted by atomic mass is 16.3. The molecule has 1 aromatic carbocycles. The minimum Gasteiger partial charge on any atom is -0.504 e. The Bertz CT molecular complexity index is 637. The number of aryl methyl sites for hydroxylation is 1. The maximum atomic E-state index is 9.45. The maximum Gasteiger partial charge on any atom is 0.200 e. The molecule has 0 bridgehead atoms. The molecule has 0 aliphatic rings. The minimum absolute atomic E-state index is 0.326. The molecule has 2 rings (SSSR count). The number of phenolic OH excluding ortho intramolecular Hbond substituents is 3. The van der Waals surface area contributed by atoms with E-state index >= 15 is 0 Å². The van der Waals surface area contributed by atoms with Crippen molar-refractivity contribution in [3.05, 3.63) is 29.6 Å². The number of aromatic hydroxyl groups is 3. The van der Waals surface area contributed by atoms with Crippen molar-refractivity contribution in [1.82, 2.24) is 15.0 Å². The van der Waals surface area contributed by atoms with Crippen LogP contribution in [0.15, 0.2) is 18.3 Å². The molecule has 21 heavy (non-hydrogen) atoms. The van der Waals surface area contributed by atoms with E-state index in [0.717, 1.165) is 25.0 Å². The molecule has 0 saturated carbocycles. The minimum atomic E-state index is -0.532. The number of unbranched alkanes of at least 4 members (excludes halogenated alkanes) is 2. The first-order chi connectivity index (χ1) is 10.1. The average molecular weight is 288 g/mol. The van der Waals surface area contributed by atoms with Crippen LogP contribution in [-0.4, -0.2) is 30.3 Å². The molecule has 0 radical (unpaired) electrons. The summed E-state index contributed by atoms with van der Waals surface area (Å²) < 4.78 is 1.59. The molecule has 110 valence electrons. The van der Waals surface area contributed by atoms with Crippen molar-refractivity contribution in [3.8, 4) is 23.3 Å². The number of rotatable bonds is 6. The number of hydrogen-bond acceptors (Lipinski definition) is 6. The summed E-state index contributed by atoms with van der Waals surface area (Å²) in [5.41, 5.74) is 1.43. The van der Waals surface area contributed by atoms with Crippen LogP contribution >= 0.6 is 0 Å². The Balaban J connectivity index is 1.98. The van der Waals surface area contributed by atoms with Gasteiger partial charge in [0.15, 0.2) is 17.2 Å². The van der Waals surface area contributed by atoms with Crippen molar-refractivity contribution in [1.29, 1.82) is 5.26 Å². The lowest BCUT2D eigenvalue weighted by atomic mass is 10.1. The molecule has 0 aliphatic carbocycles. The van der Waals surface area contributed by atoms with Crippen LogP contribution in [0.2, 0.25) is 0 Å². The molecule has 0 saturated heterocycles. The Morgan fingerprint density at radius 2 is 1.86 bits per heavy atom. The zero-order chi connectivity index (χ0) is 15.2. The normalized spacial score (nSPS) is 10.4. The van der Waals surface area contributed by atoms with Crippen LogP contribution in [0, 0.1) is 11.3 Å². The third kappa shape index (κ3) is 3.86. The lowest BCUT2D eigenvalue weighted by Gasteiger charge is -2.05. The fourth-order valence-corrected chi connectivity index (χ4v) is 1.98. The topological polar surface area (TPSA) is 115 Å². The van der Waals surface area contributed by atoms with Gasteiger partial charge < -0.3 is 15.3 Å². The monoisotopic (exact) mass is 288 g/mol. The second-order valence-electron chi connectivity index (χ2n) is 4.76. The maximum absolute atomic E-state index is 9.45. The molecule has 0 aliphatic heterocycles. The molecule has 7 heteroatoms. The first-order valence-corrected chi connectivity index (χ1v) is 6.60. The molecule has 1 aromatic heterocycles. The van der Waals surface area contributed by atoms with Crippen molar-refractivity contribution >= 4 is 0 Å². The van der Waals surface area contributed by atoms with E-state index in [1.165, 1.54) is 12.1 Å². The van der Waals surface area contributed by atoms with Crippen molar-refractivity contribution in [2.45, 2.75) is 32.2 Å². The van der Waals surface area contributed by atoms with Crippen molar-refractivity contribution in [3.63, 3.8) is 0 Å².